The van der Waals surface area contributed by atoms with E-state index in [9.17, 15) is 8.42 Å². The Labute approximate surface area is 131 Å². The average molecular weight is 329 g/mol. The van der Waals surface area contributed by atoms with Crippen molar-refractivity contribution in [3.8, 4) is 0 Å². The second-order valence-electron chi connectivity index (χ2n) is 5.80. The highest BCUT2D eigenvalue weighted by molar-refractivity contribution is 7.91. The second kappa shape index (κ2) is 6.34. The van der Waals surface area contributed by atoms with Crippen molar-refractivity contribution in [1.29, 1.82) is 0 Å². The van der Waals surface area contributed by atoms with Crippen LogP contribution in [0.3, 0.4) is 0 Å². The molecule has 21 heavy (non-hydrogen) atoms. The average Bonchev–Trinajstić information content (AvgIpc) is 2.96. The maximum absolute atomic E-state index is 12.8. The summed E-state index contributed by atoms with van der Waals surface area (Å²) in [6, 6.07) is 4.07. The molecule has 0 aliphatic carbocycles. The van der Waals surface area contributed by atoms with Crippen LogP contribution in [-0.2, 0) is 16.6 Å². The van der Waals surface area contributed by atoms with Gasteiger partial charge in [-0.05, 0) is 38.6 Å². The smallest absolute Gasteiger partial charge is 0.252 e. The zero-order valence-electron chi connectivity index (χ0n) is 12.4. The van der Waals surface area contributed by atoms with Gasteiger partial charge in [0.15, 0.2) is 0 Å². The van der Waals surface area contributed by atoms with Crippen molar-refractivity contribution < 1.29 is 8.42 Å². The third kappa shape index (κ3) is 3.17. The van der Waals surface area contributed by atoms with Crippen LogP contribution >= 0.6 is 11.3 Å². The SMILES string of the molecule is CNCc1ccc(S(=O)(=O)N2CCN3CCCCC3C2)s1. The highest BCUT2D eigenvalue weighted by atomic mass is 32.2. The summed E-state index contributed by atoms with van der Waals surface area (Å²) < 4.78 is 27.7. The van der Waals surface area contributed by atoms with Crippen molar-refractivity contribution >= 4 is 21.4 Å². The van der Waals surface area contributed by atoms with Gasteiger partial charge in [0, 0.05) is 37.1 Å². The molecule has 1 N–H and O–H groups in total. The van der Waals surface area contributed by atoms with Crippen LogP contribution in [0, 0.1) is 0 Å². The first-order valence-electron chi connectivity index (χ1n) is 7.59. The number of fused-ring (bicyclic) bond motifs is 1. The molecule has 2 aliphatic rings. The number of rotatable bonds is 4. The number of piperazine rings is 1. The highest BCUT2D eigenvalue weighted by Crippen LogP contribution is 2.28. The van der Waals surface area contributed by atoms with Gasteiger partial charge in [0.1, 0.15) is 4.21 Å². The third-order valence-electron chi connectivity index (χ3n) is 4.38. The maximum atomic E-state index is 12.8. The lowest BCUT2D eigenvalue weighted by Crippen LogP contribution is -2.55. The highest BCUT2D eigenvalue weighted by Gasteiger charge is 2.35. The van der Waals surface area contributed by atoms with Gasteiger partial charge in [-0.15, -0.1) is 11.3 Å². The van der Waals surface area contributed by atoms with Crippen molar-refractivity contribution in [2.75, 3.05) is 33.2 Å². The topological polar surface area (TPSA) is 52.7 Å². The van der Waals surface area contributed by atoms with Gasteiger partial charge >= 0.3 is 0 Å². The van der Waals surface area contributed by atoms with Gasteiger partial charge in [-0.2, -0.15) is 4.31 Å². The molecule has 118 valence electrons. The predicted octanol–water partition coefficient (Wildman–Crippen LogP) is 1.33. The van der Waals surface area contributed by atoms with Gasteiger partial charge < -0.3 is 5.32 Å². The van der Waals surface area contributed by atoms with Gasteiger partial charge in [0.2, 0.25) is 0 Å². The number of thiophene rings is 1. The largest absolute Gasteiger partial charge is 0.315 e. The van der Waals surface area contributed by atoms with Crippen LogP contribution in [0.2, 0.25) is 0 Å². The molecule has 2 aliphatic heterocycles. The Hall–Kier alpha value is -0.470. The molecule has 2 fully saturated rings. The van der Waals surface area contributed by atoms with Crippen LogP contribution in [0.5, 0.6) is 0 Å². The Kier molecular flexibility index (Phi) is 4.66. The molecular weight excluding hydrogens is 306 g/mol. The van der Waals surface area contributed by atoms with E-state index in [1.165, 1.54) is 24.2 Å². The molecule has 0 aromatic carbocycles. The quantitative estimate of drug-likeness (QED) is 0.905. The molecule has 0 amide bonds. The number of piperidine rings is 1. The van der Waals surface area contributed by atoms with Gasteiger partial charge in [0.05, 0.1) is 0 Å². The molecule has 7 heteroatoms. The maximum Gasteiger partial charge on any atom is 0.252 e. The van der Waals surface area contributed by atoms with Gasteiger partial charge in [-0.3, -0.25) is 4.90 Å². The molecule has 0 saturated carbocycles. The summed E-state index contributed by atoms with van der Waals surface area (Å²) in [7, 11) is -1.44. The molecule has 1 atom stereocenters. The van der Waals surface area contributed by atoms with E-state index in [0.717, 1.165) is 30.9 Å². The summed E-state index contributed by atoms with van der Waals surface area (Å²) in [5, 5.41) is 3.06. The van der Waals surface area contributed by atoms with Gasteiger partial charge in [-0.1, -0.05) is 6.42 Å². The van der Waals surface area contributed by atoms with Crippen LogP contribution < -0.4 is 5.32 Å². The standard InChI is InChI=1S/C14H23N3O2S2/c1-15-10-13-5-6-14(20-13)21(18,19)17-9-8-16-7-3-2-4-12(16)11-17/h5-6,12,15H,2-4,7-11H2,1H3. The van der Waals surface area contributed by atoms with Crippen molar-refractivity contribution in [2.24, 2.45) is 0 Å². The van der Waals surface area contributed by atoms with Crippen LogP contribution in [0.1, 0.15) is 24.1 Å². The number of hydrogen-bond acceptors (Lipinski definition) is 5. The summed E-state index contributed by atoms with van der Waals surface area (Å²) in [5.41, 5.74) is 0. The van der Waals surface area contributed by atoms with Crippen LogP contribution in [0.15, 0.2) is 16.3 Å². The predicted molar refractivity (Wildman–Crippen MR) is 85.1 cm³/mol. The summed E-state index contributed by atoms with van der Waals surface area (Å²) >= 11 is 1.38. The molecule has 5 nitrogen and oxygen atoms in total. The molecule has 2 saturated heterocycles. The van der Waals surface area contributed by atoms with Gasteiger partial charge in [0.25, 0.3) is 10.0 Å². The Morgan fingerprint density at radius 1 is 1.29 bits per heavy atom. The Bertz CT molecular complexity index is 585. The van der Waals surface area contributed by atoms with Gasteiger partial charge in [-0.25, -0.2) is 8.42 Å². The lowest BCUT2D eigenvalue weighted by Gasteiger charge is -2.43. The van der Waals surface area contributed by atoms with Crippen molar-refractivity contribution in [2.45, 2.75) is 36.1 Å². The van der Waals surface area contributed by atoms with Crippen molar-refractivity contribution in [1.82, 2.24) is 14.5 Å². The third-order valence-corrected chi connectivity index (χ3v) is 7.80. The van der Waals surface area contributed by atoms with E-state index in [0.29, 0.717) is 23.3 Å². The molecule has 1 aromatic heterocycles. The van der Waals surface area contributed by atoms with Crippen LogP contribution in [0.4, 0.5) is 0 Å². The minimum Gasteiger partial charge on any atom is -0.315 e. The monoisotopic (exact) mass is 329 g/mol. The summed E-state index contributed by atoms with van der Waals surface area (Å²) in [6.07, 6.45) is 3.60. The molecule has 1 unspecified atom stereocenters. The lowest BCUT2D eigenvalue weighted by molar-refractivity contribution is 0.0852. The second-order valence-corrected chi connectivity index (χ2v) is 9.13. The fourth-order valence-corrected chi connectivity index (χ4v) is 6.23. The van der Waals surface area contributed by atoms with E-state index in [1.54, 1.807) is 10.4 Å². The lowest BCUT2D eigenvalue weighted by atomic mass is 10.0. The zero-order chi connectivity index (χ0) is 14.9. The molecular formula is C14H23N3O2S2. The van der Waals surface area contributed by atoms with E-state index in [2.05, 4.69) is 10.2 Å². The molecule has 0 spiro atoms. The molecule has 3 rings (SSSR count). The molecule has 0 radical (unpaired) electrons. The minimum atomic E-state index is -3.31. The van der Waals surface area contributed by atoms with E-state index in [4.69, 9.17) is 0 Å². The van der Waals surface area contributed by atoms with Crippen molar-refractivity contribution in [3.05, 3.63) is 17.0 Å². The molecule has 3 heterocycles. The summed E-state index contributed by atoms with van der Waals surface area (Å²) in [4.78, 5) is 3.52. The fraction of sp³-hybridized carbons (Fsp3) is 0.714. The van der Waals surface area contributed by atoms with E-state index >= 15 is 0 Å². The number of sulfonamides is 1. The first kappa shape index (κ1) is 15.4. The van der Waals surface area contributed by atoms with E-state index < -0.39 is 10.0 Å². The number of nitrogens with zero attached hydrogens (tertiary/aromatic N) is 2. The first-order valence-corrected chi connectivity index (χ1v) is 9.84. The van der Waals surface area contributed by atoms with Crippen LogP contribution in [-0.4, -0.2) is 56.9 Å². The van der Waals surface area contributed by atoms with E-state index in [1.807, 2.05) is 13.1 Å². The summed E-state index contributed by atoms with van der Waals surface area (Å²) in [5.74, 6) is 0. The van der Waals surface area contributed by atoms with Crippen LogP contribution in [0.25, 0.3) is 0 Å². The first-order chi connectivity index (χ1) is 10.1. The minimum absolute atomic E-state index is 0.416. The Morgan fingerprint density at radius 3 is 2.95 bits per heavy atom. The number of hydrogen-bond donors (Lipinski definition) is 1. The zero-order valence-corrected chi connectivity index (χ0v) is 14.0. The Balaban J connectivity index is 1.75. The number of nitrogens with one attached hydrogen (secondary N) is 1. The van der Waals surface area contributed by atoms with E-state index in [-0.39, 0.29) is 0 Å². The fourth-order valence-electron chi connectivity index (χ4n) is 3.24. The normalized spacial score (nSPS) is 24.9. The van der Waals surface area contributed by atoms with Crippen molar-refractivity contribution in [3.63, 3.8) is 0 Å². The molecule has 0 bridgehead atoms. The summed E-state index contributed by atoms with van der Waals surface area (Å²) in [6.45, 7) is 4.00. The molecule has 1 aromatic rings. The Morgan fingerprint density at radius 2 is 2.14 bits per heavy atom.